The van der Waals surface area contributed by atoms with Crippen LogP contribution >= 0.6 is 0 Å². The van der Waals surface area contributed by atoms with Gasteiger partial charge in [0, 0.05) is 20.1 Å². The lowest BCUT2D eigenvalue weighted by atomic mass is 9.86. The van der Waals surface area contributed by atoms with Gasteiger partial charge < -0.3 is 10.2 Å². The molecule has 1 aliphatic carbocycles. The molecule has 0 heterocycles. The van der Waals surface area contributed by atoms with Gasteiger partial charge in [0.25, 0.3) is 0 Å². The molecule has 0 aliphatic heterocycles. The molecule has 0 saturated heterocycles. The zero-order chi connectivity index (χ0) is 17.9. The van der Waals surface area contributed by atoms with Gasteiger partial charge in [-0.25, -0.2) is 0 Å². The highest BCUT2D eigenvalue weighted by molar-refractivity contribution is 5.19. The van der Waals surface area contributed by atoms with E-state index in [2.05, 4.69) is 0 Å². The second-order valence-electron chi connectivity index (χ2n) is 4.35. The number of allylic oxidation sites excluding steroid dienone is 4. The summed E-state index contributed by atoms with van der Waals surface area (Å²) in [5, 5.41) is 20.7. The lowest BCUT2D eigenvalue weighted by Gasteiger charge is -2.28. The quantitative estimate of drug-likeness (QED) is 0.744. The SMILES string of the molecule is [2H]C([2H])([2H])C(O)([C@@H]1C=C[C@H](/C=C/CCC)C=C[C@@H]1O)C([2H])([2H])[2H]. The maximum absolute atomic E-state index is 10.5. The standard InChI is InChI=1S/C15H24O2/c1-4-5-6-7-12-8-10-13(15(2,3)17)14(16)11-9-12/h6-14,16-17H,4-5H2,1-3H3/b7-6+/t12-,13+,14-/m0/s1/i2D3,3D3. The van der Waals surface area contributed by atoms with Gasteiger partial charge in [-0.2, -0.15) is 0 Å². The van der Waals surface area contributed by atoms with Gasteiger partial charge in [-0.3, -0.25) is 0 Å². The molecule has 0 amide bonds. The van der Waals surface area contributed by atoms with E-state index in [0.717, 1.165) is 12.8 Å². The summed E-state index contributed by atoms with van der Waals surface area (Å²) in [5.41, 5.74) is -3.03. The van der Waals surface area contributed by atoms with Crippen LogP contribution in [0.2, 0.25) is 0 Å². The topological polar surface area (TPSA) is 40.5 Å². The average molecular weight is 242 g/mol. The van der Waals surface area contributed by atoms with Crippen molar-refractivity contribution in [2.75, 3.05) is 0 Å². The van der Waals surface area contributed by atoms with Crippen molar-refractivity contribution in [1.29, 1.82) is 0 Å². The predicted octanol–water partition coefficient (Wildman–Crippen LogP) is 2.83. The van der Waals surface area contributed by atoms with Gasteiger partial charge in [0.05, 0.1) is 11.7 Å². The zero-order valence-corrected chi connectivity index (χ0v) is 10.0. The second-order valence-corrected chi connectivity index (χ2v) is 4.35. The van der Waals surface area contributed by atoms with Crippen LogP contribution in [0, 0.1) is 11.8 Å². The van der Waals surface area contributed by atoms with E-state index in [0.29, 0.717) is 0 Å². The van der Waals surface area contributed by atoms with Crippen LogP contribution in [-0.4, -0.2) is 21.9 Å². The Labute approximate surface area is 113 Å². The van der Waals surface area contributed by atoms with Crippen LogP contribution in [0.4, 0.5) is 0 Å². The van der Waals surface area contributed by atoms with Crippen molar-refractivity contribution >= 4 is 0 Å². The molecule has 3 atom stereocenters. The fourth-order valence-electron chi connectivity index (χ4n) is 1.72. The van der Waals surface area contributed by atoms with Gasteiger partial charge in [0.2, 0.25) is 0 Å². The monoisotopic (exact) mass is 242 g/mol. The van der Waals surface area contributed by atoms with E-state index in [1.165, 1.54) is 12.2 Å². The molecule has 0 spiro atoms. The molecule has 96 valence electrons. The summed E-state index contributed by atoms with van der Waals surface area (Å²) in [7, 11) is 0. The Hall–Kier alpha value is -0.860. The first-order valence-corrected chi connectivity index (χ1v) is 5.89. The number of rotatable bonds is 4. The molecule has 0 bridgehead atoms. The van der Waals surface area contributed by atoms with E-state index >= 15 is 0 Å². The lowest BCUT2D eigenvalue weighted by molar-refractivity contribution is -0.00791. The summed E-state index contributed by atoms with van der Waals surface area (Å²) >= 11 is 0. The van der Waals surface area contributed by atoms with E-state index in [1.807, 2.05) is 19.1 Å². The molecular formula is C15H24O2. The summed E-state index contributed by atoms with van der Waals surface area (Å²) in [6.07, 6.45) is 10.2. The Balaban J connectivity index is 3.20. The van der Waals surface area contributed by atoms with Crippen molar-refractivity contribution < 1.29 is 18.4 Å². The number of unbranched alkanes of at least 4 members (excludes halogenated alkanes) is 1. The first-order valence-electron chi connectivity index (χ1n) is 8.89. The van der Waals surface area contributed by atoms with Crippen LogP contribution in [-0.2, 0) is 0 Å². The molecule has 1 rings (SSSR count). The predicted molar refractivity (Wildman–Crippen MR) is 71.6 cm³/mol. The van der Waals surface area contributed by atoms with Crippen molar-refractivity contribution in [2.45, 2.75) is 45.2 Å². The third-order valence-electron chi connectivity index (χ3n) is 2.74. The van der Waals surface area contributed by atoms with Gasteiger partial charge >= 0.3 is 0 Å². The van der Waals surface area contributed by atoms with Crippen molar-refractivity contribution in [3.05, 3.63) is 36.5 Å². The molecule has 2 N–H and O–H groups in total. The largest absolute Gasteiger partial charge is 0.390 e. The average Bonchev–Trinajstić information content (AvgIpc) is 2.58. The molecule has 0 fully saturated rings. The Morgan fingerprint density at radius 1 is 1.29 bits per heavy atom. The molecule has 2 heteroatoms. The molecule has 0 aromatic rings. The number of aliphatic hydroxyl groups is 2. The maximum atomic E-state index is 10.5. The normalized spacial score (nSPS) is 36.5. The Morgan fingerprint density at radius 3 is 2.65 bits per heavy atom. The van der Waals surface area contributed by atoms with Gasteiger partial charge in [-0.1, -0.05) is 49.8 Å². The number of hydrogen-bond acceptors (Lipinski definition) is 2. The molecule has 0 saturated carbocycles. The van der Waals surface area contributed by atoms with E-state index in [4.69, 9.17) is 8.22 Å². The summed E-state index contributed by atoms with van der Waals surface area (Å²) in [6, 6.07) is 0. The first-order chi connectivity index (χ1) is 10.4. The maximum Gasteiger partial charge on any atom is 0.0811 e. The molecule has 1 aliphatic rings. The third kappa shape index (κ3) is 4.49. The minimum atomic E-state index is -3.17. The van der Waals surface area contributed by atoms with E-state index in [-0.39, 0.29) is 5.92 Å². The number of hydrogen-bond donors (Lipinski definition) is 2. The smallest absolute Gasteiger partial charge is 0.0811 e. The molecule has 0 aromatic carbocycles. The fraction of sp³-hybridized carbons (Fsp3) is 0.600. The highest BCUT2D eigenvalue weighted by atomic mass is 16.3. The Kier molecular flexibility index (Phi) is 2.74. The second kappa shape index (κ2) is 6.18. The zero-order valence-electron chi connectivity index (χ0n) is 16.0. The van der Waals surface area contributed by atoms with Crippen molar-refractivity contribution in [3.8, 4) is 0 Å². The van der Waals surface area contributed by atoms with Crippen molar-refractivity contribution in [2.24, 2.45) is 11.8 Å². The fourth-order valence-corrected chi connectivity index (χ4v) is 1.72. The van der Waals surface area contributed by atoms with Crippen LogP contribution < -0.4 is 0 Å². The van der Waals surface area contributed by atoms with Crippen molar-refractivity contribution in [3.63, 3.8) is 0 Å². The first kappa shape index (κ1) is 7.55. The summed E-state index contributed by atoms with van der Waals surface area (Å²) in [4.78, 5) is 0. The minimum absolute atomic E-state index is 0.182. The van der Waals surface area contributed by atoms with Crippen LogP contribution in [0.3, 0.4) is 0 Å². The van der Waals surface area contributed by atoms with Crippen LogP contribution in [0.1, 0.15) is 41.7 Å². The highest BCUT2D eigenvalue weighted by Crippen LogP contribution is 2.26. The van der Waals surface area contributed by atoms with Crippen LogP contribution in [0.15, 0.2) is 36.5 Å². The van der Waals surface area contributed by atoms with Gasteiger partial charge in [-0.15, -0.1) is 0 Å². The molecular weight excluding hydrogens is 212 g/mol. The molecule has 2 nitrogen and oxygen atoms in total. The highest BCUT2D eigenvalue weighted by Gasteiger charge is 2.30. The van der Waals surface area contributed by atoms with Gasteiger partial charge in [-0.05, 0) is 20.1 Å². The summed E-state index contributed by atoms with van der Waals surface area (Å²) < 4.78 is 44.8. The van der Waals surface area contributed by atoms with E-state index < -0.39 is 31.3 Å². The van der Waals surface area contributed by atoms with Gasteiger partial charge in [0.1, 0.15) is 0 Å². The van der Waals surface area contributed by atoms with Crippen LogP contribution in [0.25, 0.3) is 0 Å². The molecule has 0 radical (unpaired) electrons. The molecule has 0 aromatic heterocycles. The summed E-state index contributed by atoms with van der Waals surface area (Å²) in [6.45, 7) is -4.30. The molecule has 0 unspecified atom stereocenters. The Morgan fingerprint density at radius 2 is 2.00 bits per heavy atom. The Bertz CT molecular complexity index is 461. The third-order valence-corrected chi connectivity index (χ3v) is 2.74. The van der Waals surface area contributed by atoms with Crippen LogP contribution in [0.5, 0.6) is 0 Å². The van der Waals surface area contributed by atoms with E-state index in [1.54, 1.807) is 12.2 Å². The van der Waals surface area contributed by atoms with E-state index in [9.17, 15) is 10.2 Å². The minimum Gasteiger partial charge on any atom is -0.390 e. The lowest BCUT2D eigenvalue weighted by Crippen LogP contribution is -2.36. The number of aliphatic hydroxyl groups excluding tert-OH is 1. The van der Waals surface area contributed by atoms with Crippen molar-refractivity contribution in [1.82, 2.24) is 0 Å². The summed E-state index contributed by atoms with van der Waals surface area (Å²) in [5.74, 6) is -1.64. The van der Waals surface area contributed by atoms with Gasteiger partial charge in [0.15, 0.2) is 0 Å². The molecule has 17 heavy (non-hydrogen) atoms.